The molecule has 1 aliphatic rings. The summed E-state index contributed by atoms with van der Waals surface area (Å²) in [5, 5.41) is 9.71. The maximum absolute atomic E-state index is 11.4. The van der Waals surface area contributed by atoms with Gasteiger partial charge < -0.3 is 19.0 Å². The van der Waals surface area contributed by atoms with Gasteiger partial charge in [0.25, 0.3) is 0 Å². The fourth-order valence-electron chi connectivity index (χ4n) is 2.22. The van der Waals surface area contributed by atoms with Crippen LogP contribution in [0.3, 0.4) is 0 Å². The maximum atomic E-state index is 11.4. The van der Waals surface area contributed by atoms with Crippen molar-refractivity contribution in [3.05, 3.63) is 12.2 Å². The summed E-state index contributed by atoms with van der Waals surface area (Å²) in [4.78, 5) is 11.4. The lowest BCUT2D eigenvalue weighted by atomic mass is 9.95. The quantitative estimate of drug-likeness (QED) is 0.477. The molecule has 22 heavy (non-hydrogen) atoms. The molecular formula is C16H30O5Si. The SMILES string of the molecule is C=C1C[C@@H](CC(=O)OC)O[C@H](CO)[C@H]1O[Si](C)(C)C(C)(C)C. The molecule has 3 atom stereocenters. The largest absolute Gasteiger partial charge is 0.469 e. The second kappa shape index (κ2) is 7.25. The van der Waals surface area contributed by atoms with Gasteiger partial charge >= 0.3 is 5.97 Å². The third-order valence-electron chi connectivity index (χ3n) is 4.63. The number of ether oxygens (including phenoxy) is 2. The predicted molar refractivity (Wildman–Crippen MR) is 88.2 cm³/mol. The molecule has 0 unspecified atom stereocenters. The summed E-state index contributed by atoms with van der Waals surface area (Å²) >= 11 is 0. The number of rotatable bonds is 5. The molecule has 5 nitrogen and oxygen atoms in total. The summed E-state index contributed by atoms with van der Waals surface area (Å²) in [6, 6.07) is 0. The van der Waals surface area contributed by atoms with Crippen LogP contribution < -0.4 is 0 Å². The molecule has 1 aliphatic heterocycles. The summed E-state index contributed by atoms with van der Waals surface area (Å²) < 4.78 is 16.9. The lowest BCUT2D eigenvalue weighted by molar-refractivity contribution is -0.150. The van der Waals surface area contributed by atoms with Gasteiger partial charge in [0.05, 0.1) is 32.3 Å². The molecule has 1 N–H and O–H groups in total. The Morgan fingerprint density at radius 3 is 2.50 bits per heavy atom. The highest BCUT2D eigenvalue weighted by Gasteiger charge is 2.44. The number of carbonyl (C=O) groups is 1. The van der Waals surface area contributed by atoms with Gasteiger partial charge in [0.2, 0.25) is 0 Å². The van der Waals surface area contributed by atoms with Crippen LogP contribution in [-0.4, -0.2) is 51.4 Å². The number of methoxy groups -OCH3 is 1. The van der Waals surface area contributed by atoms with Gasteiger partial charge in [0.15, 0.2) is 8.32 Å². The van der Waals surface area contributed by atoms with Crippen LogP contribution in [0, 0.1) is 0 Å². The van der Waals surface area contributed by atoms with Crippen molar-refractivity contribution in [2.24, 2.45) is 0 Å². The first-order chi connectivity index (χ1) is 10.0. The van der Waals surface area contributed by atoms with Crippen molar-refractivity contribution in [2.75, 3.05) is 13.7 Å². The van der Waals surface area contributed by atoms with E-state index in [0.29, 0.717) is 6.42 Å². The summed E-state index contributed by atoms with van der Waals surface area (Å²) in [6.07, 6.45) is -0.398. The van der Waals surface area contributed by atoms with E-state index in [-0.39, 0.29) is 36.2 Å². The lowest BCUT2D eigenvalue weighted by Crippen LogP contribution is -2.52. The highest BCUT2D eigenvalue weighted by molar-refractivity contribution is 6.74. The molecule has 0 aromatic carbocycles. The van der Waals surface area contributed by atoms with Crippen molar-refractivity contribution in [1.29, 1.82) is 0 Å². The molecule has 0 bridgehead atoms. The molecule has 0 amide bonds. The zero-order chi connectivity index (χ0) is 17.1. The molecule has 6 heteroatoms. The second-order valence-electron chi connectivity index (χ2n) is 7.42. The van der Waals surface area contributed by atoms with E-state index in [9.17, 15) is 9.90 Å². The topological polar surface area (TPSA) is 65.0 Å². The Morgan fingerprint density at radius 2 is 2.05 bits per heavy atom. The highest BCUT2D eigenvalue weighted by Crippen LogP contribution is 2.40. The van der Waals surface area contributed by atoms with Gasteiger partial charge in [-0.15, -0.1) is 0 Å². The van der Waals surface area contributed by atoms with Crippen molar-refractivity contribution in [3.8, 4) is 0 Å². The standard InChI is InChI=1S/C16H30O5Si/c1-11-8-12(9-14(18)19-5)20-13(10-17)15(11)21-22(6,7)16(2,3)4/h12-13,15,17H,1,8-10H2,2-7H3/t12-,13+,15-/m0/s1. The summed E-state index contributed by atoms with van der Waals surface area (Å²) in [7, 11) is -0.643. The molecular weight excluding hydrogens is 300 g/mol. The van der Waals surface area contributed by atoms with Crippen LogP contribution in [-0.2, 0) is 18.7 Å². The first-order valence-corrected chi connectivity index (χ1v) is 10.6. The van der Waals surface area contributed by atoms with Crippen LogP contribution in [0.4, 0.5) is 0 Å². The first kappa shape index (κ1) is 19.4. The van der Waals surface area contributed by atoms with E-state index in [1.54, 1.807) is 0 Å². The monoisotopic (exact) mass is 330 g/mol. The molecule has 0 aromatic rings. The third kappa shape index (κ3) is 4.65. The average molecular weight is 330 g/mol. The first-order valence-electron chi connectivity index (χ1n) is 7.70. The van der Waals surface area contributed by atoms with Gasteiger partial charge in [0, 0.05) is 0 Å². The van der Waals surface area contributed by atoms with E-state index in [1.165, 1.54) is 7.11 Å². The van der Waals surface area contributed by atoms with Gasteiger partial charge in [0.1, 0.15) is 6.10 Å². The third-order valence-corrected chi connectivity index (χ3v) is 9.08. The number of hydrogen-bond acceptors (Lipinski definition) is 5. The molecule has 1 saturated heterocycles. The van der Waals surface area contributed by atoms with Crippen LogP contribution in [0.25, 0.3) is 0 Å². The van der Waals surface area contributed by atoms with Gasteiger partial charge in [-0.1, -0.05) is 27.4 Å². The van der Waals surface area contributed by atoms with E-state index in [4.69, 9.17) is 9.16 Å². The van der Waals surface area contributed by atoms with Crippen LogP contribution >= 0.6 is 0 Å². The van der Waals surface area contributed by atoms with Crippen molar-refractivity contribution >= 4 is 14.3 Å². The minimum atomic E-state index is -2.00. The Hall–Kier alpha value is -0.693. The van der Waals surface area contributed by atoms with Gasteiger partial charge in [-0.05, 0) is 30.1 Å². The van der Waals surface area contributed by atoms with Crippen molar-refractivity contribution < 1.29 is 23.8 Å². The number of esters is 1. The van der Waals surface area contributed by atoms with Crippen LogP contribution in [0.2, 0.25) is 18.1 Å². The number of aliphatic hydroxyl groups excluding tert-OH is 1. The van der Waals surface area contributed by atoms with Gasteiger partial charge in [-0.2, -0.15) is 0 Å². The van der Waals surface area contributed by atoms with Crippen LogP contribution in [0.15, 0.2) is 12.2 Å². The van der Waals surface area contributed by atoms with Crippen molar-refractivity contribution in [2.45, 2.75) is 70.1 Å². The Balaban J connectivity index is 2.81. The Morgan fingerprint density at radius 1 is 1.45 bits per heavy atom. The Bertz CT molecular complexity index is 413. The predicted octanol–water partition coefficient (Wildman–Crippen LogP) is 2.65. The second-order valence-corrected chi connectivity index (χ2v) is 12.2. The van der Waals surface area contributed by atoms with Gasteiger partial charge in [-0.25, -0.2) is 0 Å². The zero-order valence-corrected chi connectivity index (χ0v) is 15.6. The molecule has 0 spiro atoms. The van der Waals surface area contributed by atoms with E-state index in [1.807, 2.05) is 0 Å². The Labute approximate surface area is 134 Å². The highest BCUT2D eigenvalue weighted by atomic mass is 28.4. The molecule has 128 valence electrons. The summed E-state index contributed by atoms with van der Waals surface area (Å²) in [6.45, 7) is 14.8. The lowest BCUT2D eigenvalue weighted by Gasteiger charge is -2.44. The summed E-state index contributed by atoms with van der Waals surface area (Å²) in [5.41, 5.74) is 0.879. The number of aliphatic hydroxyl groups is 1. The van der Waals surface area contributed by atoms with Crippen molar-refractivity contribution in [1.82, 2.24) is 0 Å². The van der Waals surface area contributed by atoms with Gasteiger partial charge in [-0.3, -0.25) is 4.79 Å². The van der Waals surface area contributed by atoms with E-state index >= 15 is 0 Å². The molecule has 1 heterocycles. The molecule has 0 aromatic heterocycles. The normalized spacial score (nSPS) is 26.9. The maximum Gasteiger partial charge on any atom is 0.308 e. The van der Waals surface area contributed by atoms with Crippen LogP contribution in [0.1, 0.15) is 33.6 Å². The molecule has 0 radical (unpaired) electrons. The fraction of sp³-hybridized carbons (Fsp3) is 0.812. The van der Waals surface area contributed by atoms with Crippen molar-refractivity contribution in [3.63, 3.8) is 0 Å². The smallest absolute Gasteiger partial charge is 0.308 e. The average Bonchev–Trinajstić information content (AvgIpc) is 2.39. The number of hydrogen-bond donors (Lipinski definition) is 1. The molecule has 0 saturated carbocycles. The zero-order valence-electron chi connectivity index (χ0n) is 14.6. The van der Waals surface area contributed by atoms with E-state index in [0.717, 1.165) is 5.57 Å². The molecule has 1 rings (SSSR count). The fourth-order valence-corrected chi connectivity index (χ4v) is 3.53. The van der Waals surface area contributed by atoms with E-state index < -0.39 is 14.4 Å². The minimum Gasteiger partial charge on any atom is -0.469 e. The minimum absolute atomic E-state index is 0.0656. The Kier molecular flexibility index (Phi) is 6.38. The van der Waals surface area contributed by atoms with E-state index in [2.05, 4.69) is 45.2 Å². The molecule has 0 aliphatic carbocycles. The summed E-state index contributed by atoms with van der Waals surface area (Å²) in [5.74, 6) is -0.321. The van der Waals surface area contributed by atoms with Crippen LogP contribution in [0.5, 0.6) is 0 Å². The molecule has 1 fully saturated rings. The number of carbonyl (C=O) groups excluding carboxylic acids is 1.